The lowest BCUT2D eigenvalue weighted by Gasteiger charge is -2.13. The first-order valence-corrected chi connectivity index (χ1v) is 7.26. The van der Waals surface area contributed by atoms with Crippen LogP contribution in [0.2, 0.25) is 5.02 Å². The van der Waals surface area contributed by atoms with Crippen molar-refractivity contribution in [2.24, 2.45) is 0 Å². The van der Waals surface area contributed by atoms with Crippen LogP contribution in [0.15, 0.2) is 30.3 Å². The minimum Gasteiger partial charge on any atom is -0.497 e. The Balaban J connectivity index is 2.36. The van der Waals surface area contributed by atoms with Gasteiger partial charge in [0.05, 0.1) is 36.1 Å². The highest BCUT2D eigenvalue weighted by atomic mass is 35.5. The van der Waals surface area contributed by atoms with E-state index in [2.05, 4.69) is 10.1 Å². The van der Waals surface area contributed by atoms with Gasteiger partial charge in [-0.25, -0.2) is 9.18 Å². The average Bonchev–Trinajstić information content (AvgIpc) is 2.62. The number of hydrogen-bond donors (Lipinski definition) is 1. The van der Waals surface area contributed by atoms with Gasteiger partial charge in [-0.2, -0.15) is 5.26 Å². The molecule has 0 bridgehead atoms. The molecule has 0 saturated heterocycles. The maximum atomic E-state index is 14.3. The fourth-order valence-corrected chi connectivity index (χ4v) is 2.32. The molecule has 0 aliphatic heterocycles. The summed E-state index contributed by atoms with van der Waals surface area (Å²) in [5, 5.41) is 11.8. The molecule has 0 atom stereocenters. The van der Waals surface area contributed by atoms with Gasteiger partial charge in [-0.05, 0) is 23.8 Å². The first-order valence-electron chi connectivity index (χ1n) is 6.89. The topological polar surface area (TPSA) is 71.3 Å². The number of hydrogen-bond acceptors (Lipinski definition) is 5. The van der Waals surface area contributed by atoms with E-state index in [0.717, 1.165) is 11.6 Å². The molecule has 2 aromatic carbocycles. The van der Waals surface area contributed by atoms with E-state index >= 15 is 0 Å². The van der Waals surface area contributed by atoms with Crippen molar-refractivity contribution in [1.29, 1.82) is 5.26 Å². The Kier molecular flexibility index (Phi) is 5.61. The van der Waals surface area contributed by atoms with Gasteiger partial charge in [-0.15, -0.1) is 0 Å². The number of anilines is 1. The smallest absolute Gasteiger partial charge is 0.339 e. The normalized spacial score (nSPS) is 9.96. The molecule has 24 heavy (non-hydrogen) atoms. The van der Waals surface area contributed by atoms with Gasteiger partial charge < -0.3 is 14.8 Å². The van der Waals surface area contributed by atoms with E-state index in [9.17, 15) is 14.4 Å². The number of rotatable bonds is 5. The number of nitrogens with one attached hydrogen (secondary N) is 1. The highest BCUT2D eigenvalue weighted by Crippen LogP contribution is 2.30. The second-order valence-corrected chi connectivity index (χ2v) is 5.18. The van der Waals surface area contributed by atoms with Crippen molar-refractivity contribution in [3.63, 3.8) is 0 Å². The maximum absolute atomic E-state index is 14.3. The first-order chi connectivity index (χ1) is 11.5. The van der Waals surface area contributed by atoms with Crippen LogP contribution >= 0.6 is 11.6 Å². The van der Waals surface area contributed by atoms with Crippen LogP contribution in [0, 0.1) is 17.1 Å². The van der Waals surface area contributed by atoms with Crippen molar-refractivity contribution in [3.8, 4) is 11.8 Å². The summed E-state index contributed by atoms with van der Waals surface area (Å²) in [5.41, 5.74) is 0.445. The maximum Gasteiger partial charge on any atom is 0.339 e. The second-order valence-electron chi connectivity index (χ2n) is 4.77. The van der Waals surface area contributed by atoms with Gasteiger partial charge in [0.15, 0.2) is 5.82 Å². The fraction of sp³-hybridized carbons (Fsp3) is 0.176. The van der Waals surface area contributed by atoms with Crippen LogP contribution in [0.5, 0.6) is 5.75 Å². The fourth-order valence-electron chi connectivity index (χ4n) is 2.11. The Morgan fingerprint density at radius 2 is 2.00 bits per heavy atom. The Labute approximate surface area is 143 Å². The van der Waals surface area contributed by atoms with Gasteiger partial charge >= 0.3 is 5.97 Å². The van der Waals surface area contributed by atoms with Crippen LogP contribution in [0.1, 0.15) is 21.5 Å². The third-order valence-electron chi connectivity index (χ3n) is 3.37. The van der Waals surface area contributed by atoms with E-state index in [4.69, 9.17) is 16.3 Å². The van der Waals surface area contributed by atoms with Gasteiger partial charge in [0.2, 0.25) is 0 Å². The third kappa shape index (κ3) is 3.58. The highest BCUT2D eigenvalue weighted by Gasteiger charge is 2.22. The number of carbonyl (C=O) groups is 1. The third-order valence-corrected chi connectivity index (χ3v) is 3.64. The molecule has 7 heteroatoms. The minimum absolute atomic E-state index is 0.0939. The molecule has 0 fully saturated rings. The Bertz CT molecular complexity index is 801. The van der Waals surface area contributed by atoms with E-state index < -0.39 is 11.8 Å². The molecule has 0 unspecified atom stereocenters. The van der Waals surface area contributed by atoms with Gasteiger partial charge in [0.25, 0.3) is 0 Å². The summed E-state index contributed by atoms with van der Waals surface area (Å²) in [6, 6.07) is 10.0. The number of ether oxygens (including phenoxy) is 2. The summed E-state index contributed by atoms with van der Waals surface area (Å²) >= 11 is 5.82. The summed E-state index contributed by atoms with van der Waals surface area (Å²) in [5.74, 6) is -0.867. The zero-order valence-corrected chi connectivity index (χ0v) is 13.8. The molecule has 124 valence electrons. The average molecular weight is 349 g/mol. The number of carbonyl (C=O) groups excluding carboxylic acids is 1. The summed E-state index contributed by atoms with van der Waals surface area (Å²) in [4.78, 5) is 11.8. The Hall–Kier alpha value is -2.78. The summed E-state index contributed by atoms with van der Waals surface area (Å²) < 4.78 is 24.0. The molecule has 0 spiro atoms. The van der Waals surface area contributed by atoms with Crippen molar-refractivity contribution in [2.75, 3.05) is 19.5 Å². The number of halogens is 2. The largest absolute Gasteiger partial charge is 0.497 e. The van der Waals surface area contributed by atoms with E-state index in [-0.39, 0.29) is 28.4 Å². The lowest BCUT2D eigenvalue weighted by molar-refractivity contribution is 0.0600. The van der Waals surface area contributed by atoms with Crippen LogP contribution in [0.25, 0.3) is 0 Å². The molecule has 1 N–H and O–H groups in total. The van der Waals surface area contributed by atoms with Crippen molar-refractivity contribution in [1.82, 2.24) is 0 Å². The number of benzene rings is 2. The highest BCUT2D eigenvalue weighted by molar-refractivity contribution is 6.31. The van der Waals surface area contributed by atoms with E-state index in [1.165, 1.54) is 7.11 Å². The number of nitriles is 1. The predicted octanol–water partition coefficient (Wildman–Crippen LogP) is 3.76. The zero-order valence-electron chi connectivity index (χ0n) is 13.0. The zero-order chi connectivity index (χ0) is 17.7. The molecule has 0 radical (unpaired) electrons. The van der Waals surface area contributed by atoms with Crippen molar-refractivity contribution < 1.29 is 18.7 Å². The second kappa shape index (κ2) is 7.66. The van der Waals surface area contributed by atoms with E-state index in [1.54, 1.807) is 31.4 Å². The Morgan fingerprint density at radius 3 is 2.54 bits per heavy atom. The molecular weight excluding hydrogens is 335 g/mol. The van der Waals surface area contributed by atoms with Crippen LogP contribution in [-0.2, 0) is 11.3 Å². The van der Waals surface area contributed by atoms with Gasteiger partial charge in [0.1, 0.15) is 11.8 Å². The molecule has 0 aliphatic carbocycles. The molecule has 0 heterocycles. The number of esters is 1. The summed E-state index contributed by atoms with van der Waals surface area (Å²) in [6.07, 6.45) is 0. The van der Waals surface area contributed by atoms with Crippen molar-refractivity contribution in [3.05, 3.63) is 57.9 Å². The lowest BCUT2D eigenvalue weighted by atomic mass is 10.1. The van der Waals surface area contributed by atoms with Gasteiger partial charge in [-0.1, -0.05) is 23.7 Å². The SMILES string of the molecule is COC(=O)c1cc(Cl)c(F)c(NCc2ccc(OC)cc2)c1C#N. The number of nitrogens with zero attached hydrogens (tertiary/aromatic N) is 1. The van der Waals surface area contributed by atoms with Crippen LogP contribution in [-0.4, -0.2) is 20.2 Å². The minimum atomic E-state index is -0.797. The van der Waals surface area contributed by atoms with Gasteiger partial charge in [0, 0.05) is 6.54 Å². The summed E-state index contributed by atoms with van der Waals surface area (Å²) in [6.45, 7) is 0.233. The van der Waals surface area contributed by atoms with Gasteiger partial charge in [-0.3, -0.25) is 0 Å². The van der Waals surface area contributed by atoms with Crippen LogP contribution in [0.3, 0.4) is 0 Å². The molecule has 5 nitrogen and oxygen atoms in total. The molecular formula is C17H14ClFN2O3. The van der Waals surface area contributed by atoms with E-state index in [1.807, 2.05) is 6.07 Å². The van der Waals surface area contributed by atoms with Crippen molar-refractivity contribution in [2.45, 2.75) is 6.54 Å². The molecule has 0 amide bonds. The first kappa shape index (κ1) is 17.6. The van der Waals surface area contributed by atoms with E-state index in [0.29, 0.717) is 5.75 Å². The van der Waals surface area contributed by atoms with Crippen LogP contribution < -0.4 is 10.1 Å². The molecule has 2 aromatic rings. The lowest BCUT2D eigenvalue weighted by Crippen LogP contribution is -2.10. The predicted molar refractivity (Wildman–Crippen MR) is 87.8 cm³/mol. The Morgan fingerprint density at radius 1 is 1.33 bits per heavy atom. The molecule has 0 aromatic heterocycles. The standard InChI is InChI=1S/C17H14ClFN2O3/c1-23-11-5-3-10(4-6-11)9-21-16-13(8-20)12(17(22)24-2)7-14(18)15(16)19/h3-7,21H,9H2,1-2H3. The van der Waals surface area contributed by atoms with Crippen molar-refractivity contribution >= 4 is 23.3 Å². The number of methoxy groups -OCH3 is 2. The quantitative estimate of drug-likeness (QED) is 0.833. The molecule has 0 aliphatic rings. The molecule has 0 saturated carbocycles. The molecule has 2 rings (SSSR count). The summed E-state index contributed by atoms with van der Waals surface area (Å²) in [7, 11) is 2.73. The monoisotopic (exact) mass is 348 g/mol. The van der Waals surface area contributed by atoms with Crippen LogP contribution in [0.4, 0.5) is 10.1 Å².